The molecule has 0 atom stereocenters. The summed E-state index contributed by atoms with van der Waals surface area (Å²) >= 11 is 0. The summed E-state index contributed by atoms with van der Waals surface area (Å²) < 4.78 is 7.52. The minimum absolute atomic E-state index is 0.0653. The van der Waals surface area contributed by atoms with Gasteiger partial charge in [-0.3, -0.25) is 4.79 Å². The quantitative estimate of drug-likeness (QED) is 0.430. The van der Waals surface area contributed by atoms with Crippen LogP contribution in [0.4, 0.5) is 0 Å². The molecular formula is C25H20N2O4. The normalized spacial score (nSPS) is 11.4. The van der Waals surface area contributed by atoms with Crippen molar-refractivity contribution in [3.63, 3.8) is 0 Å². The third-order valence-corrected chi connectivity index (χ3v) is 5.76. The number of carbonyl (C=O) groups is 1. The van der Waals surface area contributed by atoms with E-state index in [1.54, 1.807) is 23.0 Å². The number of nitrogens with one attached hydrogen (secondary N) is 1. The highest BCUT2D eigenvalue weighted by Gasteiger charge is 2.27. The van der Waals surface area contributed by atoms with E-state index in [0.29, 0.717) is 34.2 Å². The Morgan fingerprint density at radius 1 is 1.13 bits per heavy atom. The first-order valence-electron chi connectivity index (χ1n) is 9.95. The van der Waals surface area contributed by atoms with Gasteiger partial charge in [0.25, 0.3) is 5.56 Å². The lowest BCUT2D eigenvalue weighted by Crippen LogP contribution is -2.14. The number of aromatic amines is 1. The number of furan rings is 1. The second-order valence-corrected chi connectivity index (χ2v) is 7.76. The van der Waals surface area contributed by atoms with Crippen molar-refractivity contribution in [1.82, 2.24) is 9.55 Å². The van der Waals surface area contributed by atoms with E-state index in [2.05, 4.69) is 11.1 Å². The zero-order chi connectivity index (χ0) is 21.7. The van der Waals surface area contributed by atoms with E-state index in [-0.39, 0.29) is 11.3 Å². The Kier molecular flexibility index (Phi) is 4.29. The molecule has 0 bridgehead atoms. The van der Waals surface area contributed by atoms with Gasteiger partial charge in [-0.25, -0.2) is 4.79 Å². The molecule has 0 aliphatic carbocycles. The second kappa shape index (κ2) is 7.02. The topological polar surface area (TPSA) is 88.2 Å². The predicted octanol–water partition coefficient (Wildman–Crippen LogP) is 5.11. The number of hydrogen-bond acceptors (Lipinski definition) is 3. The number of rotatable bonds is 4. The van der Waals surface area contributed by atoms with Crippen molar-refractivity contribution in [3.8, 4) is 11.1 Å². The van der Waals surface area contributed by atoms with E-state index in [1.807, 2.05) is 44.2 Å². The lowest BCUT2D eigenvalue weighted by molar-refractivity contribution is 0.0687. The average molecular weight is 412 g/mol. The van der Waals surface area contributed by atoms with Gasteiger partial charge in [0.2, 0.25) is 0 Å². The number of aryl methyl sites for hydroxylation is 2. The fraction of sp³-hybridized carbons (Fsp3) is 0.120. The number of H-pyrrole nitrogens is 1. The Morgan fingerprint density at radius 2 is 1.97 bits per heavy atom. The summed E-state index contributed by atoms with van der Waals surface area (Å²) in [6.45, 7) is 4.40. The Balaban J connectivity index is 1.92. The first kappa shape index (κ1) is 18.9. The first-order chi connectivity index (χ1) is 15.0. The van der Waals surface area contributed by atoms with Crippen LogP contribution < -0.4 is 5.56 Å². The molecule has 5 aromatic rings. The zero-order valence-electron chi connectivity index (χ0n) is 17.1. The van der Waals surface area contributed by atoms with Crippen molar-refractivity contribution >= 4 is 27.8 Å². The van der Waals surface area contributed by atoms with Crippen molar-refractivity contribution < 1.29 is 14.3 Å². The van der Waals surface area contributed by atoms with Crippen molar-refractivity contribution in [1.29, 1.82) is 0 Å². The fourth-order valence-corrected chi connectivity index (χ4v) is 4.32. The van der Waals surface area contributed by atoms with E-state index in [9.17, 15) is 14.7 Å². The number of hydrogen-bond donors (Lipinski definition) is 2. The van der Waals surface area contributed by atoms with Gasteiger partial charge in [-0.05, 0) is 55.3 Å². The molecule has 0 spiro atoms. The fourth-order valence-electron chi connectivity index (χ4n) is 4.32. The lowest BCUT2D eigenvalue weighted by atomic mass is 10.0. The maximum absolute atomic E-state index is 12.7. The van der Waals surface area contributed by atoms with E-state index >= 15 is 0 Å². The number of carboxylic acids is 1. The summed E-state index contributed by atoms with van der Waals surface area (Å²) in [5.74, 6) is -1.10. The van der Waals surface area contributed by atoms with E-state index in [4.69, 9.17) is 4.42 Å². The van der Waals surface area contributed by atoms with Crippen LogP contribution in [0.5, 0.6) is 0 Å². The molecule has 0 fully saturated rings. The molecule has 2 N–H and O–H groups in total. The van der Waals surface area contributed by atoms with Gasteiger partial charge in [0, 0.05) is 23.7 Å². The van der Waals surface area contributed by atoms with E-state index in [1.165, 1.54) is 6.20 Å². The first-order valence-corrected chi connectivity index (χ1v) is 9.95. The number of aromatic carboxylic acids is 1. The second-order valence-electron chi connectivity index (χ2n) is 7.76. The highest BCUT2D eigenvalue weighted by molar-refractivity contribution is 6.17. The van der Waals surface area contributed by atoms with Gasteiger partial charge >= 0.3 is 5.97 Å². The zero-order valence-corrected chi connectivity index (χ0v) is 17.1. The van der Waals surface area contributed by atoms with Crippen molar-refractivity contribution in [3.05, 3.63) is 93.7 Å². The van der Waals surface area contributed by atoms with Crippen molar-refractivity contribution in [2.75, 3.05) is 0 Å². The third-order valence-electron chi connectivity index (χ3n) is 5.76. The Labute approximate surface area is 177 Å². The molecule has 154 valence electrons. The van der Waals surface area contributed by atoms with Crippen LogP contribution in [0.2, 0.25) is 0 Å². The van der Waals surface area contributed by atoms with Gasteiger partial charge in [-0.2, -0.15) is 0 Å². The van der Waals surface area contributed by atoms with Gasteiger partial charge in [-0.15, -0.1) is 0 Å². The van der Waals surface area contributed by atoms with E-state index in [0.717, 1.165) is 22.1 Å². The molecule has 0 amide bonds. The monoisotopic (exact) mass is 412 g/mol. The van der Waals surface area contributed by atoms with Gasteiger partial charge in [0.05, 0.1) is 22.7 Å². The van der Waals surface area contributed by atoms with Crippen LogP contribution in [-0.2, 0) is 6.54 Å². The largest absolute Gasteiger partial charge is 0.477 e. The number of fused-ring (bicyclic) bond motifs is 3. The highest BCUT2D eigenvalue weighted by Crippen LogP contribution is 2.39. The van der Waals surface area contributed by atoms with Crippen molar-refractivity contribution in [2.24, 2.45) is 0 Å². The summed E-state index contributed by atoms with van der Waals surface area (Å²) in [5.41, 5.74) is 4.90. The molecule has 0 aliphatic rings. The summed E-state index contributed by atoms with van der Waals surface area (Å²) in [7, 11) is 0. The predicted molar refractivity (Wildman–Crippen MR) is 120 cm³/mol. The molecule has 3 heterocycles. The van der Waals surface area contributed by atoms with Crippen LogP contribution in [0.15, 0.2) is 70.2 Å². The molecular weight excluding hydrogens is 392 g/mol. The summed E-state index contributed by atoms with van der Waals surface area (Å²) in [5, 5.41) is 11.7. The van der Waals surface area contributed by atoms with E-state index < -0.39 is 5.97 Å². The minimum atomic E-state index is -1.10. The SMILES string of the molecule is Cc1ccc(Cn2c(C(=O)O)c(-c3ccc[nH]c3=O)c3c4occc4ccc32)c(C)c1. The molecule has 2 aromatic carbocycles. The van der Waals surface area contributed by atoms with Crippen LogP contribution in [-0.4, -0.2) is 20.6 Å². The third kappa shape index (κ3) is 2.95. The van der Waals surface area contributed by atoms with Crippen LogP contribution >= 0.6 is 0 Å². The van der Waals surface area contributed by atoms with Crippen LogP contribution in [0.3, 0.4) is 0 Å². The number of benzene rings is 2. The average Bonchev–Trinajstić information content (AvgIpc) is 3.33. The molecule has 5 rings (SSSR count). The van der Waals surface area contributed by atoms with Gasteiger partial charge in [-0.1, -0.05) is 23.8 Å². The molecule has 0 aliphatic heterocycles. The molecule has 6 nitrogen and oxygen atoms in total. The van der Waals surface area contributed by atoms with Crippen molar-refractivity contribution in [2.45, 2.75) is 20.4 Å². The number of nitrogens with zero attached hydrogens (tertiary/aromatic N) is 1. The Morgan fingerprint density at radius 3 is 2.71 bits per heavy atom. The molecule has 0 radical (unpaired) electrons. The molecule has 0 saturated heterocycles. The van der Waals surface area contributed by atoms with Gasteiger partial charge in [0.15, 0.2) is 0 Å². The lowest BCUT2D eigenvalue weighted by Gasteiger charge is -2.12. The molecule has 6 heteroatoms. The molecule has 0 unspecified atom stereocenters. The maximum atomic E-state index is 12.7. The van der Waals surface area contributed by atoms with Gasteiger partial charge in [0.1, 0.15) is 11.3 Å². The van der Waals surface area contributed by atoms with Gasteiger partial charge < -0.3 is 19.1 Å². The standard InChI is InChI=1S/C25H20N2O4/c1-14-5-6-17(15(2)12-14)13-27-19-8-7-16-9-11-31-23(16)21(19)20(22(27)25(29)30)18-4-3-10-26-24(18)28/h3-12H,13H2,1-2H3,(H,26,28)(H,29,30). The Hall–Kier alpha value is -4.06. The number of pyridine rings is 1. The highest BCUT2D eigenvalue weighted by atomic mass is 16.4. The smallest absolute Gasteiger partial charge is 0.353 e. The van der Waals surface area contributed by atoms with Crippen LogP contribution in [0.25, 0.3) is 33.0 Å². The summed E-state index contributed by atoms with van der Waals surface area (Å²) in [6, 6.07) is 15.1. The number of carboxylic acid groups (broad SMARTS) is 1. The van der Waals surface area contributed by atoms with Crippen LogP contribution in [0.1, 0.15) is 27.2 Å². The number of aromatic nitrogens is 2. The molecule has 3 aromatic heterocycles. The summed E-state index contributed by atoms with van der Waals surface area (Å²) in [4.78, 5) is 27.9. The van der Waals surface area contributed by atoms with Crippen LogP contribution in [0, 0.1) is 13.8 Å². The maximum Gasteiger partial charge on any atom is 0.353 e. The molecule has 31 heavy (non-hydrogen) atoms. The minimum Gasteiger partial charge on any atom is -0.477 e. The molecule has 0 saturated carbocycles. The Bertz CT molecular complexity index is 1530. The summed E-state index contributed by atoms with van der Waals surface area (Å²) in [6.07, 6.45) is 3.11.